The average Bonchev–Trinajstić information content (AvgIpc) is 3.31. The van der Waals surface area contributed by atoms with Crippen molar-refractivity contribution in [3.8, 4) is 0 Å². The highest BCUT2D eigenvalue weighted by molar-refractivity contribution is 8.02. The predicted octanol–water partition coefficient (Wildman–Crippen LogP) is -0.0323. The standard InChI is InChI=1S/C24H31N9O4S/c1-13(33-12-27-19-18(33)22(35)32(4-5-37-3)24(36)30(19)2)20(34)28-17-11-38-21(29-17)16-7-25-23(26-8-16)31-9-14-6-15(14)10-31/h7-8,11,13-15,21,27,29H,4-6,9-10,12H2,1-3H3,(H,28,34)/t13-,14?,15?,21?/m0/s1. The second-order valence-corrected chi connectivity index (χ2v) is 11.1. The Balaban J connectivity index is 1.10. The summed E-state index contributed by atoms with van der Waals surface area (Å²) in [5.74, 6) is 3.10. The van der Waals surface area contributed by atoms with Gasteiger partial charge in [-0.1, -0.05) is 0 Å². The van der Waals surface area contributed by atoms with E-state index in [1.807, 2.05) is 17.8 Å². The van der Waals surface area contributed by atoms with E-state index in [-0.39, 0.29) is 31.1 Å². The molecule has 38 heavy (non-hydrogen) atoms. The van der Waals surface area contributed by atoms with Crippen LogP contribution < -0.4 is 37.0 Å². The fourth-order valence-corrected chi connectivity index (χ4v) is 6.18. The number of aromatic nitrogens is 4. The molecule has 3 N–H and O–H groups in total. The van der Waals surface area contributed by atoms with Gasteiger partial charge in [-0.05, 0) is 25.2 Å². The molecular weight excluding hydrogens is 510 g/mol. The Labute approximate surface area is 223 Å². The van der Waals surface area contributed by atoms with Crippen LogP contribution in [-0.4, -0.2) is 64.5 Å². The lowest BCUT2D eigenvalue weighted by Gasteiger charge is -2.25. The Hall–Kier alpha value is -3.52. The first-order valence-corrected chi connectivity index (χ1v) is 13.6. The highest BCUT2D eigenvalue weighted by atomic mass is 32.2. The molecule has 2 fully saturated rings. The van der Waals surface area contributed by atoms with Crippen molar-refractivity contribution >= 4 is 35.1 Å². The Kier molecular flexibility index (Phi) is 6.30. The number of nitrogens with one attached hydrogen (secondary N) is 3. The Morgan fingerprint density at radius 2 is 2.00 bits per heavy atom. The Morgan fingerprint density at radius 1 is 1.26 bits per heavy atom. The van der Waals surface area contributed by atoms with Gasteiger partial charge in [0.25, 0.3) is 5.56 Å². The second kappa shape index (κ2) is 9.66. The van der Waals surface area contributed by atoms with Gasteiger partial charge in [0.2, 0.25) is 11.9 Å². The number of ether oxygens (including phenoxy) is 1. The maximum Gasteiger partial charge on any atom is 0.332 e. The molecule has 5 heterocycles. The van der Waals surface area contributed by atoms with Crippen LogP contribution in [-0.2, 0) is 23.1 Å². The minimum atomic E-state index is -0.675. The number of carbonyl (C=O) groups is 1. The van der Waals surface area contributed by atoms with Crippen LogP contribution in [0.5, 0.6) is 0 Å². The fraction of sp³-hybridized carbons (Fsp3) is 0.542. The topological polar surface area (TPSA) is 139 Å². The summed E-state index contributed by atoms with van der Waals surface area (Å²) in [6.45, 7) is 4.40. The molecule has 2 aromatic rings. The highest BCUT2D eigenvalue weighted by Gasteiger charge is 2.45. The van der Waals surface area contributed by atoms with Crippen molar-refractivity contribution in [2.24, 2.45) is 18.9 Å². The quantitative estimate of drug-likeness (QED) is 0.415. The number of hydrogen-bond donors (Lipinski definition) is 3. The third-order valence-electron chi connectivity index (χ3n) is 7.68. The zero-order valence-electron chi connectivity index (χ0n) is 21.5. The summed E-state index contributed by atoms with van der Waals surface area (Å²) in [5.41, 5.74) is 0.327. The van der Waals surface area contributed by atoms with E-state index < -0.39 is 17.3 Å². The molecule has 13 nitrogen and oxygen atoms in total. The third kappa shape index (κ3) is 4.30. The number of piperidine rings is 1. The largest absolute Gasteiger partial charge is 0.383 e. The maximum absolute atomic E-state index is 13.2. The van der Waals surface area contributed by atoms with Crippen LogP contribution in [0.1, 0.15) is 24.3 Å². The summed E-state index contributed by atoms with van der Waals surface area (Å²) in [4.78, 5) is 52.1. The van der Waals surface area contributed by atoms with Gasteiger partial charge in [-0.15, -0.1) is 11.8 Å². The summed E-state index contributed by atoms with van der Waals surface area (Å²) < 4.78 is 7.57. The van der Waals surface area contributed by atoms with Crippen LogP contribution in [0.3, 0.4) is 0 Å². The van der Waals surface area contributed by atoms with Crippen molar-refractivity contribution in [3.05, 3.63) is 50.0 Å². The lowest BCUT2D eigenvalue weighted by Crippen LogP contribution is -2.48. The average molecular weight is 542 g/mol. The van der Waals surface area contributed by atoms with Crippen LogP contribution in [0.15, 0.2) is 33.2 Å². The van der Waals surface area contributed by atoms with Gasteiger partial charge in [-0.2, -0.15) is 0 Å². The molecule has 2 aromatic heterocycles. The van der Waals surface area contributed by atoms with Crippen molar-refractivity contribution in [1.82, 2.24) is 29.7 Å². The van der Waals surface area contributed by atoms with E-state index in [0.29, 0.717) is 17.3 Å². The van der Waals surface area contributed by atoms with Crippen molar-refractivity contribution in [1.29, 1.82) is 0 Å². The van der Waals surface area contributed by atoms with Crippen molar-refractivity contribution < 1.29 is 9.53 Å². The molecule has 6 rings (SSSR count). The van der Waals surface area contributed by atoms with Crippen LogP contribution >= 0.6 is 11.8 Å². The molecule has 4 aliphatic rings. The molecule has 0 spiro atoms. The number of nitrogens with zero attached hydrogens (tertiary/aromatic N) is 6. The zero-order valence-corrected chi connectivity index (χ0v) is 22.3. The third-order valence-corrected chi connectivity index (χ3v) is 8.72. The summed E-state index contributed by atoms with van der Waals surface area (Å²) in [6, 6.07) is -0.675. The molecule has 1 amide bonds. The summed E-state index contributed by atoms with van der Waals surface area (Å²) in [6.07, 6.45) is 5.01. The Morgan fingerprint density at radius 3 is 2.71 bits per heavy atom. The van der Waals surface area contributed by atoms with Gasteiger partial charge in [-0.25, -0.2) is 14.8 Å². The van der Waals surface area contributed by atoms with Gasteiger partial charge < -0.3 is 30.5 Å². The highest BCUT2D eigenvalue weighted by Crippen LogP contribution is 2.45. The van der Waals surface area contributed by atoms with Gasteiger partial charge in [0.05, 0.1) is 19.8 Å². The number of methoxy groups -OCH3 is 1. The first kappa shape index (κ1) is 24.8. The molecular formula is C24H31N9O4S. The monoisotopic (exact) mass is 541 g/mol. The molecule has 1 saturated heterocycles. The van der Waals surface area contributed by atoms with Crippen molar-refractivity contribution in [3.63, 3.8) is 0 Å². The van der Waals surface area contributed by atoms with Crippen LogP contribution in [0.2, 0.25) is 0 Å². The van der Waals surface area contributed by atoms with Crippen LogP contribution in [0.25, 0.3) is 0 Å². The van der Waals surface area contributed by atoms with Crippen LogP contribution in [0.4, 0.5) is 17.5 Å². The van der Waals surface area contributed by atoms with E-state index in [2.05, 4.69) is 30.8 Å². The summed E-state index contributed by atoms with van der Waals surface area (Å²) >= 11 is 1.53. The number of thioether (sulfide) groups is 1. The van der Waals surface area contributed by atoms with Crippen molar-refractivity contribution in [2.75, 3.05) is 48.6 Å². The predicted molar refractivity (Wildman–Crippen MR) is 144 cm³/mol. The molecule has 3 unspecified atom stereocenters. The first-order valence-electron chi connectivity index (χ1n) is 12.7. The molecule has 14 heteroatoms. The normalized spacial score (nSPS) is 23.9. The van der Waals surface area contributed by atoms with Gasteiger partial charge in [0.1, 0.15) is 28.7 Å². The van der Waals surface area contributed by atoms with E-state index >= 15 is 0 Å². The molecule has 0 aromatic carbocycles. The number of anilines is 3. The molecule has 202 valence electrons. The fourth-order valence-electron chi connectivity index (χ4n) is 5.31. The van der Waals surface area contributed by atoms with Gasteiger partial charge >= 0.3 is 5.69 Å². The number of carbonyl (C=O) groups excluding carboxylic acids is 1. The molecule has 0 radical (unpaired) electrons. The summed E-state index contributed by atoms with van der Waals surface area (Å²) in [5, 5.41) is 11.1. The van der Waals surface area contributed by atoms with Gasteiger partial charge in [-0.3, -0.25) is 18.7 Å². The Bertz CT molecular complexity index is 1400. The summed E-state index contributed by atoms with van der Waals surface area (Å²) in [7, 11) is 3.11. The molecule has 4 atom stereocenters. The van der Waals surface area contributed by atoms with Crippen molar-refractivity contribution in [2.45, 2.75) is 31.3 Å². The smallest absolute Gasteiger partial charge is 0.332 e. The van der Waals surface area contributed by atoms with E-state index in [1.165, 1.54) is 29.9 Å². The van der Waals surface area contributed by atoms with Gasteiger partial charge in [0.15, 0.2) is 0 Å². The second-order valence-electron chi connectivity index (χ2n) is 10.1. The number of rotatable bonds is 8. The molecule has 3 aliphatic heterocycles. The van der Waals surface area contributed by atoms with E-state index in [1.54, 1.807) is 18.9 Å². The number of amides is 1. The van der Waals surface area contributed by atoms with Gasteiger partial charge in [0, 0.05) is 50.6 Å². The first-order chi connectivity index (χ1) is 18.4. The minimum Gasteiger partial charge on any atom is -0.383 e. The molecule has 1 aliphatic carbocycles. The number of hydrogen-bond acceptors (Lipinski definition) is 11. The number of fused-ring (bicyclic) bond motifs is 2. The van der Waals surface area contributed by atoms with E-state index in [9.17, 15) is 14.4 Å². The SMILES string of the molecule is COCCn1c(=O)c2c(n(C)c1=O)NCN2[C@@H](C)C(=O)NC1=CSC(c2cnc(N3CC4CC4C3)nc2)N1. The lowest BCUT2D eigenvalue weighted by molar-refractivity contribution is -0.121. The lowest BCUT2D eigenvalue weighted by atomic mass is 10.2. The maximum atomic E-state index is 13.2. The molecule has 1 saturated carbocycles. The van der Waals surface area contributed by atoms with E-state index in [0.717, 1.165) is 41.0 Å². The van der Waals surface area contributed by atoms with E-state index in [4.69, 9.17) is 4.74 Å². The zero-order chi connectivity index (χ0) is 26.6. The van der Waals surface area contributed by atoms with Crippen LogP contribution in [0, 0.1) is 11.8 Å². The molecule has 0 bridgehead atoms. The minimum absolute atomic E-state index is 0.113.